The van der Waals surface area contributed by atoms with Crippen LogP contribution in [0.25, 0.3) is 11.0 Å². The topological polar surface area (TPSA) is 74.0 Å². The highest BCUT2D eigenvalue weighted by Gasteiger charge is 2.44. The van der Waals surface area contributed by atoms with Crippen molar-refractivity contribution in [3.05, 3.63) is 81.2 Å². The van der Waals surface area contributed by atoms with E-state index in [4.69, 9.17) is 4.42 Å². The Morgan fingerprint density at radius 2 is 1.97 bits per heavy atom. The molecule has 1 aliphatic heterocycles. The maximum Gasteiger partial charge on any atom is 0.290 e. The molecule has 1 amide bonds. The van der Waals surface area contributed by atoms with Crippen LogP contribution in [0.5, 0.6) is 0 Å². The van der Waals surface area contributed by atoms with Crippen LogP contribution in [0.3, 0.4) is 0 Å². The van der Waals surface area contributed by atoms with E-state index in [-0.39, 0.29) is 11.3 Å². The van der Waals surface area contributed by atoms with E-state index in [2.05, 4.69) is 15.9 Å². The van der Waals surface area contributed by atoms with E-state index in [0.717, 1.165) is 21.0 Å². The predicted molar refractivity (Wildman–Crippen MR) is 122 cm³/mol. The van der Waals surface area contributed by atoms with Crippen molar-refractivity contribution < 1.29 is 19.1 Å². The maximum absolute atomic E-state index is 13.5. The molecule has 1 aromatic heterocycles. The second kappa shape index (κ2) is 8.32. The first kappa shape index (κ1) is 21.3. The Bertz CT molecular complexity index is 1210. The Labute approximate surface area is 188 Å². The number of benzene rings is 2. The SMILES string of the molecule is Cc1cccc(C2C(C(=O)c3cc4cc(Br)ccc4o3)=C(O)C(=O)N2CCN(C)C)c1. The van der Waals surface area contributed by atoms with Crippen LogP contribution in [-0.4, -0.2) is 53.8 Å². The fourth-order valence-electron chi connectivity index (χ4n) is 3.87. The Kier molecular flexibility index (Phi) is 5.73. The van der Waals surface area contributed by atoms with Gasteiger partial charge in [0.1, 0.15) is 5.58 Å². The molecule has 3 aromatic rings. The summed E-state index contributed by atoms with van der Waals surface area (Å²) >= 11 is 3.41. The highest BCUT2D eigenvalue weighted by molar-refractivity contribution is 9.10. The summed E-state index contributed by atoms with van der Waals surface area (Å²) in [6.45, 7) is 2.92. The van der Waals surface area contributed by atoms with Crippen molar-refractivity contribution in [2.75, 3.05) is 27.2 Å². The Morgan fingerprint density at radius 1 is 1.19 bits per heavy atom. The molecule has 1 aliphatic rings. The van der Waals surface area contributed by atoms with Gasteiger partial charge in [-0.2, -0.15) is 0 Å². The van der Waals surface area contributed by atoms with Crippen LogP contribution < -0.4 is 0 Å². The summed E-state index contributed by atoms with van der Waals surface area (Å²) in [5, 5.41) is 11.5. The van der Waals surface area contributed by atoms with Gasteiger partial charge in [-0.05, 0) is 50.8 Å². The largest absolute Gasteiger partial charge is 0.503 e. The standard InChI is InChI=1S/C24H23BrN2O4/c1-14-5-4-6-15(11-14)21-20(23(29)24(30)27(21)10-9-26(2)3)22(28)19-13-16-12-17(25)7-8-18(16)31-19/h4-8,11-13,21,29H,9-10H2,1-3H3. The quantitative estimate of drug-likeness (QED) is 0.517. The molecular weight excluding hydrogens is 460 g/mol. The summed E-state index contributed by atoms with van der Waals surface area (Å²) in [6, 6.07) is 14.0. The molecule has 160 valence electrons. The number of aliphatic hydroxyl groups excluding tert-OH is 1. The molecule has 0 saturated heterocycles. The minimum atomic E-state index is -0.681. The van der Waals surface area contributed by atoms with E-state index in [1.807, 2.05) is 62.3 Å². The molecule has 1 atom stereocenters. The number of likely N-dealkylation sites (N-methyl/N-ethyl adjacent to an activating group) is 1. The van der Waals surface area contributed by atoms with Crippen LogP contribution in [0, 0.1) is 6.92 Å². The van der Waals surface area contributed by atoms with E-state index in [9.17, 15) is 14.7 Å². The molecule has 1 N–H and O–H groups in total. The van der Waals surface area contributed by atoms with E-state index in [1.165, 1.54) is 0 Å². The molecule has 0 spiro atoms. The number of hydrogen-bond donors (Lipinski definition) is 1. The minimum absolute atomic E-state index is 0.0486. The molecule has 0 bridgehead atoms. The average molecular weight is 483 g/mol. The normalized spacial score (nSPS) is 16.7. The molecule has 31 heavy (non-hydrogen) atoms. The van der Waals surface area contributed by atoms with Crippen molar-refractivity contribution in [3.8, 4) is 0 Å². The highest BCUT2D eigenvalue weighted by Crippen LogP contribution is 2.39. The van der Waals surface area contributed by atoms with Gasteiger partial charge in [-0.15, -0.1) is 0 Å². The fraction of sp³-hybridized carbons (Fsp3) is 0.250. The molecule has 1 unspecified atom stereocenters. The van der Waals surface area contributed by atoms with Gasteiger partial charge in [0, 0.05) is 22.9 Å². The summed E-state index contributed by atoms with van der Waals surface area (Å²) in [6.07, 6.45) is 0. The van der Waals surface area contributed by atoms with Gasteiger partial charge < -0.3 is 19.3 Å². The number of hydrogen-bond acceptors (Lipinski definition) is 5. The number of nitrogens with zero attached hydrogens (tertiary/aromatic N) is 2. The number of Topliss-reactive ketones (excluding diaryl/α,β-unsaturated/α-hetero) is 1. The fourth-order valence-corrected chi connectivity index (χ4v) is 4.25. The molecule has 0 aliphatic carbocycles. The molecule has 0 radical (unpaired) electrons. The first-order valence-electron chi connectivity index (χ1n) is 9.95. The summed E-state index contributed by atoms with van der Waals surface area (Å²) in [5.41, 5.74) is 2.39. The zero-order chi connectivity index (χ0) is 22.3. The van der Waals surface area contributed by atoms with Gasteiger partial charge >= 0.3 is 0 Å². The third kappa shape index (κ3) is 4.03. The van der Waals surface area contributed by atoms with Crippen molar-refractivity contribution in [2.45, 2.75) is 13.0 Å². The van der Waals surface area contributed by atoms with Gasteiger partial charge in [-0.1, -0.05) is 45.8 Å². The lowest BCUT2D eigenvalue weighted by Crippen LogP contribution is -2.36. The molecule has 6 nitrogen and oxygen atoms in total. The van der Waals surface area contributed by atoms with Gasteiger partial charge in [-0.3, -0.25) is 9.59 Å². The number of fused-ring (bicyclic) bond motifs is 1. The highest BCUT2D eigenvalue weighted by atomic mass is 79.9. The number of halogens is 1. The van der Waals surface area contributed by atoms with Crippen molar-refractivity contribution in [1.29, 1.82) is 0 Å². The summed E-state index contributed by atoms with van der Waals surface area (Å²) in [7, 11) is 3.82. The van der Waals surface area contributed by atoms with Crippen LogP contribution >= 0.6 is 15.9 Å². The van der Waals surface area contributed by atoms with E-state index < -0.39 is 23.5 Å². The lowest BCUT2D eigenvalue weighted by Gasteiger charge is -2.28. The third-order valence-electron chi connectivity index (χ3n) is 5.40. The number of ketones is 1. The van der Waals surface area contributed by atoms with Crippen LogP contribution in [-0.2, 0) is 4.79 Å². The first-order valence-corrected chi connectivity index (χ1v) is 10.7. The minimum Gasteiger partial charge on any atom is -0.503 e. The van der Waals surface area contributed by atoms with Crippen molar-refractivity contribution in [2.24, 2.45) is 0 Å². The van der Waals surface area contributed by atoms with E-state index in [1.54, 1.807) is 17.0 Å². The second-order valence-electron chi connectivity index (χ2n) is 8.00. The second-order valence-corrected chi connectivity index (χ2v) is 8.92. The van der Waals surface area contributed by atoms with Crippen LogP contribution in [0.1, 0.15) is 27.7 Å². The Hall–Kier alpha value is -2.90. The summed E-state index contributed by atoms with van der Waals surface area (Å²) in [4.78, 5) is 30.0. The van der Waals surface area contributed by atoms with Crippen LogP contribution in [0.4, 0.5) is 0 Å². The average Bonchev–Trinajstić information content (AvgIpc) is 3.25. The smallest absolute Gasteiger partial charge is 0.290 e. The number of aliphatic hydroxyl groups is 1. The van der Waals surface area contributed by atoms with E-state index >= 15 is 0 Å². The van der Waals surface area contributed by atoms with Crippen molar-refractivity contribution in [3.63, 3.8) is 0 Å². The summed E-state index contributed by atoms with van der Waals surface area (Å²) in [5.74, 6) is -1.46. The Morgan fingerprint density at radius 3 is 2.68 bits per heavy atom. The molecule has 4 rings (SSSR count). The predicted octanol–water partition coefficient (Wildman–Crippen LogP) is 4.64. The van der Waals surface area contributed by atoms with Gasteiger partial charge in [0.25, 0.3) is 5.91 Å². The van der Waals surface area contributed by atoms with E-state index in [0.29, 0.717) is 18.7 Å². The number of aryl methyl sites for hydroxylation is 1. The third-order valence-corrected chi connectivity index (χ3v) is 5.89. The zero-order valence-electron chi connectivity index (χ0n) is 17.6. The molecule has 2 aromatic carbocycles. The molecule has 0 fully saturated rings. The van der Waals surface area contributed by atoms with Crippen molar-refractivity contribution >= 4 is 38.6 Å². The van der Waals surface area contributed by atoms with Gasteiger partial charge in [0.05, 0.1) is 11.6 Å². The van der Waals surface area contributed by atoms with Crippen LogP contribution in [0.15, 0.2) is 68.8 Å². The Balaban J connectivity index is 1.80. The van der Waals surface area contributed by atoms with Gasteiger partial charge in [-0.25, -0.2) is 0 Å². The number of amides is 1. The monoisotopic (exact) mass is 482 g/mol. The molecular formula is C24H23BrN2O4. The number of rotatable bonds is 6. The van der Waals surface area contributed by atoms with Crippen LogP contribution in [0.2, 0.25) is 0 Å². The maximum atomic E-state index is 13.5. The number of carbonyl (C=O) groups is 2. The summed E-state index contributed by atoms with van der Waals surface area (Å²) < 4.78 is 6.63. The number of furan rings is 1. The molecule has 7 heteroatoms. The molecule has 2 heterocycles. The van der Waals surface area contributed by atoms with Crippen molar-refractivity contribution in [1.82, 2.24) is 9.80 Å². The van der Waals surface area contributed by atoms with Gasteiger partial charge in [0.2, 0.25) is 5.78 Å². The zero-order valence-corrected chi connectivity index (χ0v) is 19.1. The molecule has 0 saturated carbocycles. The lowest BCUT2D eigenvalue weighted by atomic mass is 9.94. The number of carbonyl (C=O) groups excluding carboxylic acids is 2. The first-order chi connectivity index (χ1) is 14.8. The van der Waals surface area contributed by atoms with Gasteiger partial charge in [0.15, 0.2) is 11.5 Å². The lowest BCUT2D eigenvalue weighted by molar-refractivity contribution is -0.129.